The fourth-order valence-corrected chi connectivity index (χ4v) is 5.60. The van der Waals surface area contributed by atoms with E-state index in [0.29, 0.717) is 52.1 Å². The average molecular weight is 426 g/mol. The Kier molecular flexibility index (Phi) is 7.15. The highest BCUT2D eigenvalue weighted by Crippen LogP contribution is 2.19. The summed E-state index contributed by atoms with van der Waals surface area (Å²) in [5.74, 6) is 0.855. The van der Waals surface area contributed by atoms with E-state index in [0.717, 1.165) is 11.3 Å². The summed E-state index contributed by atoms with van der Waals surface area (Å²) in [6, 6.07) is 7.69. The van der Waals surface area contributed by atoms with Gasteiger partial charge in [0, 0.05) is 45.7 Å². The van der Waals surface area contributed by atoms with Gasteiger partial charge in [-0.2, -0.15) is 17.0 Å². The molecule has 0 unspecified atom stereocenters. The second kappa shape index (κ2) is 9.42. The van der Waals surface area contributed by atoms with Crippen molar-refractivity contribution < 1.29 is 22.7 Å². The summed E-state index contributed by atoms with van der Waals surface area (Å²) < 4.78 is 39.7. The van der Waals surface area contributed by atoms with Gasteiger partial charge in [0.25, 0.3) is 10.2 Å². The van der Waals surface area contributed by atoms with Crippen LogP contribution in [0.5, 0.6) is 5.75 Å². The molecule has 0 bridgehead atoms. The second-order valence-electron chi connectivity index (χ2n) is 7.71. The van der Waals surface area contributed by atoms with Gasteiger partial charge in [-0.3, -0.25) is 4.79 Å². The lowest BCUT2D eigenvalue weighted by molar-refractivity contribution is -0.132. The molecule has 162 valence electrons. The van der Waals surface area contributed by atoms with Gasteiger partial charge in [-0.25, -0.2) is 0 Å². The van der Waals surface area contributed by atoms with Gasteiger partial charge in [-0.05, 0) is 38.0 Å². The Balaban J connectivity index is 1.49. The van der Waals surface area contributed by atoms with E-state index in [1.807, 2.05) is 38.1 Å². The van der Waals surface area contributed by atoms with Crippen molar-refractivity contribution in [2.24, 2.45) is 0 Å². The third-order valence-electron chi connectivity index (χ3n) is 5.42. The van der Waals surface area contributed by atoms with E-state index >= 15 is 0 Å². The van der Waals surface area contributed by atoms with Crippen LogP contribution in [0.15, 0.2) is 24.3 Å². The van der Waals surface area contributed by atoms with E-state index in [1.54, 1.807) is 12.0 Å². The number of morpholine rings is 1. The molecule has 1 aromatic rings. The molecule has 1 aromatic carbocycles. The predicted molar refractivity (Wildman–Crippen MR) is 110 cm³/mol. The minimum atomic E-state index is -3.53. The SMILES string of the molecule is COc1ccc(CCC(=O)N2CCN(S(=O)(=O)N3C[C@@H](C)O[C@@H](C)C3)CC2)cc1. The number of ether oxygens (including phenoxy) is 2. The smallest absolute Gasteiger partial charge is 0.282 e. The molecule has 0 saturated carbocycles. The van der Waals surface area contributed by atoms with Crippen molar-refractivity contribution in [3.05, 3.63) is 29.8 Å². The van der Waals surface area contributed by atoms with E-state index in [2.05, 4.69) is 0 Å². The first kappa shape index (κ1) is 22.0. The quantitative estimate of drug-likeness (QED) is 0.683. The molecule has 2 fully saturated rings. The van der Waals surface area contributed by atoms with Crippen molar-refractivity contribution in [3.8, 4) is 5.75 Å². The van der Waals surface area contributed by atoms with E-state index in [-0.39, 0.29) is 18.1 Å². The van der Waals surface area contributed by atoms with Crippen LogP contribution in [0.3, 0.4) is 0 Å². The van der Waals surface area contributed by atoms with Crippen LogP contribution >= 0.6 is 0 Å². The Bertz CT molecular complexity index is 781. The van der Waals surface area contributed by atoms with Crippen LogP contribution < -0.4 is 4.74 Å². The molecule has 0 aliphatic carbocycles. The van der Waals surface area contributed by atoms with Crippen LogP contribution in [0.2, 0.25) is 0 Å². The van der Waals surface area contributed by atoms with Crippen LogP contribution in [0.25, 0.3) is 0 Å². The predicted octanol–water partition coefficient (Wildman–Crippen LogP) is 1.13. The number of aryl methyl sites for hydroxylation is 1. The standard InChI is InChI=1S/C20H31N3O5S/c1-16-14-23(15-17(2)28-16)29(25,26)22-12-10-21(11-13-22)20(24)9-6-18-4-7-19(27-3)8-5-18/h4-5,7-8,16-17H,6,9-15H2,1-3H3/t16-,17+. The van der Waals surface area contributed by atoms with Crippen molar-refractivity contribution in [2.45, 2.75) is 38.9 Å². The first-order chi connectivity index (χ1) is 13.8. The minimum absolute atomic E-state index is 0.0616. The fourth-order valence-electron chi connectivity index (χ4n) is 3.85. The molecule has 0 spiro atoms. The van der Waals surface area contributed by atoms with Gasteiger partial charge >= 0.3 is 0 Å². The lowest BCUT2D eigenvalue weighted by Crippen LogP contribution is -2.57. The maximum absolute atomic E-state index is 13.0. The first-order valence-corrected chi connectivity index (χ1v) is 11.5. The number of piperazine rings is 1. The van der Waals surface area contributed by atoms with Gasteiger partial charge in [0.1, 0.15) is 5.75 Å². The number of carbonyl (C=O) groups excluding carboxylic acids is 1. The molecule has 2 atom stereocenters. The van der Waals surface area contributed by atoms with E-state index in [9.17, 15) is 13.2 Å². The molecule has 2 saturated heterocycles. The third kappa shape index (κ3) is 5.48. The highest BCUT2D eigenvalue weighted by Gasteiger charge is 2.37. The van der Waals surface area contributed by atoms with Crippen LogP contribution in [0, 0.1) is 0 Å². The molecular weight excluding hydrogens is 394 g/mol. The summed E-state index contributed by atoms with van der Waals surface area (Å²) >= 11 is 0. The highest BCUT2D eigenvalue weighted by molar-refractivity contribution is 7.86. The van der Waals surface area contributed by atoms with Gasteiger partial charge in [-0.15, -0.1) is 0 Å². The van der Waals surface area contributed by atoms with Crippen molar-refractivity contribution >= 4 is 16.1 Å². The number of amides is 1. The number of nitrogens with zero attached hydrogens (tertiary/aromatic N) is 3. The van der Waals surface area contributed by atoms with Crippen molar-refractivity contribution in [3.63, 3.8) is 0 Å². The third-order valence-corrected chi connectivity index (χ3v) is 7.39. The maximum atomic E-state index is 13.0. The van der Waals surface area contributed by atoms with E-state index < -0.39 is 10.2 Å². The Morgan fingerprint density at radius 3 is 2.17 bits per heavy atom. The number of rotatable bonds is 6. The molecule has 0 radical (unpaired) electrons. The molecule has 2 heterocycles. The van der Waals surface area contributed by atoms with Crippen LogP contribution in [-0.4, -0.2) is 86.4 Å². The van der Waals surface area contributed by atoms with Gasteiger partial charge in [0.2, 0.25) is 5.91 Å². The number of benzene rings is 1. The maximum Gasteiger partial charge on any atom is 0.282 e. The van der Waals surface area contributed by atoms with Crippen molar-refractivity contribution in [1.82, 2.24) is 13.5 Å². The minimum Gasteiger partial charge on any atom is -0.497 e. The molecule has 1 amide bonds. The molecule has 0 N–H and O–H groups in total. The summed E-state index contributed by atoms with van der Waals surface area (Å²) in [4.78, 5) is 14.3. The Morgan fingerprint density at radius 2 is 1.62 bits per heavy atom. The molecule has 9 heteroatoms. The number of carbonyl (C=O) groups is 1. The molecular formula is C20H31N3O5S. The Morgan fingerprint density at radius 1 is 1.03 bits per heavy atom. The number of hydrogen-bond donors (Lipinski definition) is 0. The molecule has 2 aliphatic rings. The van der Waals surface area contributed by atoms with Gasteiger partial charge in [-0.1, -0.05) is 12.1 Å². The number of hydrogen-bond acceptors (Lipinski definition) is 5. The average Bonchev–Trinajstić information content (AvgIpc) is 2.71. The molecule has 29 heavy (non-hydrogen) atoms. The fraction of sp³-hybridized carbons (Fsp3) is 0.650. The second-order valence-corrected chi connectivity index (χ2v) is 9.64. The molecule has 8 nitrogen and oxygen atoms in total. The summed E-state index contributed by atoms with van der Waals surface area (Å²) in [6.45, 7) is 6.02. The molecule has 0 aromatic heterocycles. The van der Waals surface area contributed by atoms with Crippen molar-refractivity contribution in [1.29, 1.82) is 0 Å². The summed E-state index contributed by atoms with van der Waals surface area (Å²) in [6.07, 6.45) is 0.839. The zero-order valence-corrected chi connectivity index (χ0v) is 18.2. The largest absolute Gasteiger partial charge is 0.497 e. The van der Waals surface area contributed by atoms with Gasteiger partial charge in [0.15, 0.2) is 0 Å². The van der Waals surface area contributed by atoms with E-state index in [4.69, 9.17) is 9.47 Å². The van der Waals surface area contributed by atoms with Crippen LogP contribution in [-0.2, 0) is 26.2 Å². The van der Waals surface area contributed by atoms with Gasteiger partial charge < -0.3 is 14.4 Å². The summed E-state index contributed by atoms with van der Waals surface area (Å²) in [5, 5.41) is 0. The lowest BCUT2D eigenvalue weighted by Gasteiger charge is -2.40. The Labute approximate surface area is 173 Å². The van der Waals surface area contributed by atoms with Crippen molar-refractivity contribution in [2.75, 3.05) is 46.4 Å². The van der Waals surface area contributed by atoms with Gasteiger partial charge in [0.05, 0.1) is 19.3 Å². The molecule has 2 aliphatic heterocycles. The highest BCUT2D eigenvalue weighted by atomic mass is 32.2. The Hall–Kier alpha value is -1.68. The zero-order chi connectivity index (χ0) is 21.0. The zero-order valence-electron chi connectivity index (χ0n) is 17.4. The topological polar surface area (TPSA) is 79.4 Å². The normalized spacial score (nSPS) is 24.4. The summed E-state index contributed by atoms with van der Waals surface area (Å²) in [5.41, 5.74) is 1.08. The summed E-state index contributed by atoms with van der Waals surface area (Å²) in [7, 11) is -1.90. The lowest BCUT2D eigenvalue weighted by atomic mass is 10.1. The molecule has 3 rings (SSSR count). The number of methoxy groups -OCH3 is 1. The van der Waals surface area contributed by atoms with Crippen LogP contribution in [0.1, 0.15) is 25.8 Å². The first-order valence-electron chi connectivity index (χ1n) is 10.1. The van der Waals surface area contributed by atoms with Crippen LogP contribution in [0.4, 0.5) is 0 Å². The van der Waals surface area contributed by atoms with E-state index in [1.165, 1.54) is 8.61 Å². The monoisotopic (exact) mass is 425 g/mol.